The molecule has 3 rings (SSSR count). The first kappa shape index (κ1) is 36.9. The second-order valence-electron chi connectivity index (χ2n) is 11.8. The van der Waals surface area contributed by atoms with Crippen LogP contribution in [0.15, 0.2) is 54.6 Å². The zero-order chi connectivity index (χ0) is 32.6. The lowest BCUT2D eigenvalue weighted by Gasteiger charge is -2.40. The fourth-order valence-electron chi connectivity index (χ4n) is 5.27. The Balaban J connectivity index is 1.25. The summed E-state index contributed by atoms with van der Waals surface area (Å²) in [5.74, 6) is 1.35. The monoisotopic (exact) mass is 633 g/mol. The topological polar surface area (TPSA) is 178 Å². The Morgan fingerprint density at radius 1 is 0.822 bits per heavy atom. The van der Waals surface area contributed by atoms with Crippen LogP contribution < -0.4 is 10.1 Å². The van der Waals surface area contributed by atoms with Crippen molar-refractivity contribution >= 4 is 5.91 Å². The molecule has 11 heteroatoms. The first-order valence-corrected chi connectivity index (χ1v) is 16.1. The average Bonchev–Trinajstić information content (AvgIpc) is 3.04. The quantitative estimate of drug-likeness (QED) is 0.107. The molecule has 8 atom stereocenters. The van der Waals surface area contributed by atoms with E-state index in [-0.39, 0.29) is 18.9 Å². The van der Waals surface area contributed by atoms with Crippen molar-refractivity contribution in [1.82, 2.24) is 5.32 Å². The number of para-hydroxylation sites is 1. The highest BCUT2D eigenvalue weighted by molar-refractivity contribution is 5.76. The van der Waals surface area contributed by atoms with Crippen LogP contribution in [0.5, 0.6) is 11.5 Å². The van der Waals surface area contributed by atoms with Crippen molar-refractivity contribution in [2.24, 2.45) is 0 Å². The summed E-state index contributed by atoms with van der Waals surface area (Å²) < 4.78 is 16.6. The minimum Gasteiger partial charge on any atom is -0.457 e. The summed E-state index contributed by atoms with van der Waals surface area (Å²) in [6, 6.07) is 17.0. The molecule has 2 aromatic carbocycles. The summed E-state index contributed by atoms with van der Waals surface area (Å²) in [4.78, 5) is 12.6. The molecule has 0 bridgehead atoms. The minimum atomic E-state index is -1.61. The van der Waals surface area contributed by atoms with E-state index in [1.807, 2.05) is 42.5 Å². The van der Waals surface area contributed by atoms with E-state index in [0.29, 0.717) is 6.42 Å². The fraction of sp³-hybridized carbons (Fsp3) is 0.618. The van der Waals surface area contributed by atoms with E-state index in [2.05, 4.69) is 17.4 Å². The number of rotatable bonds is 20. The van der Waals surface area contributed by atoms with Gasteiger partial charge < -0.3 is 50.2 Å². The number of hydrogen-bond donors (Lipinski definition) is 7. The van der Waals surface area contributed by atoms with Crippen molar-refractivity contribution in [2.75, 3.05) is 13.2 Å². The Kier molecular flexibility index (Phi) is 16.2. The maximum Gasteiger partial charge on any atom is 0.220 e. The molecule has 7 N–H and O–H groups in total. The lowest BCUT2D eigenvalue weighted by Crippen LogP contribution is -2.60. The molecule has 1 aliphatic rings. The Labute approximate surface area is 265 Å². The molecular weight excluding hydrogens is 582 g/mol. The van der Waals surface area contributed by atoms with E-state index in [1.54, 1.807) is 0 Å². The molecule has 2 aromatic rings. The molecule has 11 nitrogen and oxygen atoms in total. The van der Waals surface area contributed by atoms with E-state index in [9.17, 15) is 35.4 Å². The number of aliphatic hydroxyl groups is 6. The first-order valence-electron chi connectivity index (χ1n) is 16.1. The van der Waals surface area contributed by atoms with E-state index in [0.717, 1.165) is 50.0 Å². The van der Waals surface area contributed by atoms with Gasteiger partial charge in [0, 0.05) is 6.42 Å². The third-order valence-corrected chi connectivity index (χ3v) is 8.06. The van der Waals surface area contributed by atoms with Gasteiger partial charge in [0.15, 0.2) is 6.29 Å². The number of ether oxygens (including phenoxy) is 3. The van der Waals surface area contributed by atoms with Gasteiger partial charge in [0.25, 0.3) is 0 Å². The number of aryl methyl sites for hydroxylation is 1. The van der Waals surface area contributed by atoms with Crippen molar-refractivity contribution in [3.05, 3.63) is 60.2 Å². The third-order valence-electron chi connectivity index (χ3n) is 8.06. The Morgan fingerprint density at radius 3 is 2.04 bits per heavy atom. The number of hydrogen-bond acceptors (Lipinski definition) is 10. The third kappa shape index (κ3) is 12.6. The predicted octanol–water partition coefficient (Wildman–Crippen LogP) is 2.58. The highest BCUT2D eigenvalue weighted by atomic mass is 16.7. The van der Waals surface area contributed by atoms with Gasteiger partial charge in [-0.2, -0.15) is 0 Å². The van der Waals surface area contributed by atoms with E-state index < -0.39 is 55.6 Å². The van der Waals surface area contributed by atoms with Gasteiger partial charge in [0.1, 0.15) is 42.0 Å². The van der Waals surface area contributed by atoms with Gasteiger partial charge in [-0.1, -0.05) is 68.9 Å². The zero-order valence-electron chi connectivity index (χ0n) is 26.1. The van der Waals surface area contributed by atoms with Crippen LogP contribution in [0.25, 0.3) is 0 Å². The smallest absolute Gasteiger partial charge is 0.220 e. The van der Waals surface area contributed by atoms with Crippen LogP contribution in [0.3, 0.4) is 0 Å². The van der Waals surface area contributed by atoms with Gasteiger partial charge >= 0.3 is 0 Å². The highest BCUT2D eigenvalue weighted by Crippen LogP contribution is 2.23. The van der Waals surface area contributed by atoms with Crippen LogP contribution in [0.1, 0.15) is 70.3 Å². The van der Waals surface area contributed by atoms with Gasteiger partial charge in [-0.05, 0) is 56.0 Å². The van der Waals surface area contributed by atoms with Crippen LogP contribution >= 0.6 is 0 Å². The van der Waals surface area contributed by atoms with E-state index >= 15 is 0 Å². The maximum absolute atomic E-state index is 12.6. The van der Waals surface area contributed by atoms with Crippen LogP contribution in [-0.4, -0.2) is 98.7 Å². The van der Waals surface area contributed by atoms with Crippen molar-refractivity contribution in [2.45, 2.75) is 120 Å². The molecular formula is C34H51NO10. The minimum absolute atomic E-state index is 0.248. The van der Waals surface area contributed by atoms with Crippen molar-refractivity contribution in [3.8, 4) is 11.5 Å². The lowest BCUT2D eigenvalue weighted by atomic mass is 9.99. The second-order valence-corrected chi connectivity index (χ2v) is 11.8. The summed E-state index contributed by atoms with van der Waals surface area (Å²) in [7, 11) is 0. The zero-order valence-corrected chi connectivity index (χ0v) is 26.1. The van der Waals surface area contributed by atoms with Crippen LogP contribution in [0.2, 0.25) is 0 Å². The van der Waals surface area contributed by atoms with Crippen molar-refractivity contribution in [1.29, 1.82) is 0 Å². The molecule has 1 amide bonds. The molecule has 0 saturated carbocycles. The molecule has 3 unspecified atom stereocenters. The molecule has 1 heterocycles. The van der Waals surface area contributed by atoms with E-state index in [4.69, 9.17) is 14.2 Å². The highest BCUT2D eigenvalue weighted by Gasteiger charge is 2.44. The van der Waals surface area contributed by atoms with Gasteiger partial charge in [-0.3, -0.25) is 4.79 Å². The van der Waals surface area contributed by atoms with Gasteiger partial charge in [-0.25, -0.2) is 0 Å². The van der Waals surface area contributed by atoms with Crippen LogP contribution in [-0.2, 0) is 20.7 Å². The largest absolute Gasteiger partial charge is 0.457 e. The number of amides is 1. The standard InChI is InChI=1S/C34H51NO10/c1-23(37)30(39)27(22-43-34-33(42)32(41)31(40)28(21-36)45-34)35-29(38)16-12-7-5-3-2-4-6-9-13-24-17-19-26(20-18-24)44-25-14-10-8-11-15-25/h8,10-11,14-15,17-20,23,27-28,30-34,36-37,39-42H,2-7,9,12-13,16,21-22H2,1H3,(H,35,38)/t23-,27+,28?,30-,31+,32?,33?,34+/m1/s1. The molecule has 1 saturated heterocycles. The van der Waals surface area contributed by atoms with E-state index in [1.165, 1.54) is 25.3 Å². The Morgan fingerprint density at radius 2 is 1.42 bits per heavy atom. The normalized spacial score (nSPS) is 23.7. The average molecular weight is 634 g/mol. The van der Waals surface area contributed by atoms with Crippen LogP contribution in [0, 0.1) is 0 Å². The molecule has 252 valence electrons. The molecule has 1 aliphatic heterocycles. The van der Waals surface area contributed by atoms with Crippen molar-refractivity contribution < 1.29 is 49.6 Å². The number of carbonyl (C=O) groups is 1. The summed E-state index contributed by atoms with van der Waals surface area (Å²) in [5, 5.41) is 62.3. The Hall–Kier alpha value is -2.61. The number of benzene rings is 2. The molecule has 0 spiro atoms. The molecule has 1 fully saturated rings. The summed E-state index contributed by atoms with van der Waals surface area (Å²) >= 11 is 0. The molecule has 0 aliphatic carbocycles. The van der Waals surface area contributed by atoms with Gasteiger partial charge in [0.2, 0.25) is 5.91 Å². The lowest BCUT2D eigenvalue weighted by molar-refractivity contribution is -0.303. The SMILES string of the molecule is C[C@@H](O)[C@@H](O)[C@H](CO[C@H]1OC(CO)[C@H](O)C(O)C1O)NC(=O)CCCCCCCCCCc1ccc(Oc2ccccc2)cc1. The predicted molar refractivity (Wildman–Crippen MR) is 168 cm³/mol. The molecule has 0 radical (unpaired) electrons. The summed E-state index contributed by atoms with van der Waals surface area (Å²) in [6.07, 6.45) is -0.215. The number of aliphatic hydroxyl groups excluding tert-OH is 6. The number of nitrogens with one attached hydrogen (secondary N) is 1. The second kappa shape index (κ2) is 19.8. The molecule has 0 aromatic heterocycles. The molecule has 45 heavy (non-hydrogen) atoms. The van der Waals surface area contributed by atoms with Crippen LogP contribution in [0.4, 0.5) is 0 Å². The number of unbranched alkanes of at least 4 members (excludes halogenated alkanes) is 7. The Bertz CT molecular complexity index is 1080. The fourth-order valence-corrected chi connectivity index (χ4v) is 5.27. The number of carbonyl (C=O) groups excluding carboxylic acids is 1. The summed E-state index contributed by atoms with van der Waals surface area (Å²) in [6.45, 7) is 0.425. The van der Waals surface area contributed by atoms with Gasteiger partial charge in [0.05, 0.1) is 25.4 Å². The van der Waals surface area contributed by atoms with Crippen molar-refractivity contribution in [3.63, 3.8) is 0 Å². The maximum atomic E-state index is 12.6. The van der Waals surface area contributed by atoms with Gasteiger partial charge in [-0.15, -0.1) is 0 Å². The first-order chi connectivity index (χ1) is 21.7. The summed E-state index contributed by atoms with van der Waals surface area (Å²) in [5.41, 5.74) is 1.30.